The van der Waals surface area contributed by atoms with Crippen molar-refractivity contribution < 1.29 is 75.0 Å². The third-order valence-electron chi connectivity index (χ3n) is 5.32. The van der Waals surface area contributed by atoms with Crippen molar-refractivity contribution in [1.82, 2.24) is 5.32 Å². The summed E-state index contributed by atoms with van der Waals surface area (Å²) in [4.78, 5) is 12.4. The molecule has 44 heavy (non-hydrogen) atoms. The molecule has 1 amide bonds. The van der Waals surface area contributed by atoms with E-state index in [1.165, 1.54) is 0 Å². The van der Waals surface area contributed by atoms with Crippen LogP contribution in [0.4, 0.5) is 57.1 Å². The van der Waals surface area contributed by atoms with Crippen molar-refractivity contribution in [2.45, 2.75) is 43.8 Å². The van der Waals surface area contributed by atoms with Crippen LogP contribution in [-0.4, -0.2) is 50.6 Å². The molecule has 0 aliphatic carbocycles. The van der Waals surface area contributed by atoms with Crippen molar-refractivity contribution in [2.75, 3.05) is 11.5 Å². The molecule has 2 aromatic rings. The Morgan fingerprint density at radius 3 is 2.05 bits per heavy atom. The first-order chi connectivity index (χ1) is 19.7. The topological polar surface area (TPSA) is 72.5 Å². The molecule has 1 N–H and O–H groups in total. The van der Waals surface area contributed by atoms with Crippen LogP contribution in [0.3, 0.4) is 0 Å². The van der Waals surface area contributed by atoms with Gasteiger partial charge in [-0.05, 0) is 42.8 Å². The lowest BCUT2D eigenvalue weighted by Gasteiger charge is -2.20. The van der Waals surface area contributed by atoms with Crippen LogP contribution in [0, 0.1) is 0 Å². The third kappa shape index (κ3) is 11.0. The number of sulfone groups is 1. The van der Waals surface area contributed by atoms with Gasteiger partial charge in [0.2, 0.25) is 0 Å². The largest absolute Gasteiger partial charge is 0.573 e. The van der Waals surface area contributed by atoms with Gasteiger partial charge in [0.1, 0.15) is 23.2 Å². The van der Waals surface area contributed by atoms with Gasteiger partial charge in [-0.1, -0.05) is 23.7 Å². The molecular formula is C24H17ClF13NO4S. The Labute approximate surface area is 244 Å². The van der Waals surface area contributed by atoms with Crippen LogP contribution in [0.2, 0.25) is 5.02 Å². The lowest BCUT2D eigenvalue weighted by atomic mass is 9.95. The van der Waals surface area contributed by atoms with E-state index in [-0.39, 0.29) is 18.2 Å². The van der Waals surface area contributed by atoms with E-state index in [1.54, 1.807) is 5.32 Å². The molecule has 2 aromatic carbocycles. The number of hydrogen-bond donors (Lipinski definition) is 1. The van der Waals surface area contributed by atoms with Gasteiger partial charge in [-0.15, -0.1) is 13.2 Å². The molecule has 246 valence electrons. The maximum Gasteiger partial charge on any atom is 0.573 e. The summed E-state index contributed by atoms with van der Waals surface area (Å²) in [5.74, 6) is -11.5. The van der Waals surface area contributed by atoms with Gasteiger partial charge in [0.25, 0.3) is 5.91 Å². The predicted molar refractivity (Wildman–Crippen MR) is 129 cm³/mol. The van der Waals surface area contributed by atoms with Gasteiger partial charge in [0.15, 0.2) is 9.84 Å². The smallest absolute Gasteiger partial charge is 0.404 e. The van der Waals surface area contributed by atoms with Crippen LogP contribution >= 0.6 is 11.6 Å². The zero-order chi connectivity index (χ0) is 34.1. The first-order valence-electron chi connectivity index (χ1n) is 11.5. The highest BCUT2D eigenvalue weighted by molar-refractivity contribution is 7.91. The highest BCUT2D eigenvalue weighted by Gasteiger charge is 2.42. The summed E-state index contributed by atoms with van der Waals surface area (Å²) in [6, 6.07) is 0.379. The van der Waals surface area contributed by atoms with Crippen LogP contribution in [0.5, 0.6) is 5.75 Å². The van der Waals surface area contributed by atoms with Crippen LogP contribution in [0.15, 0.2) is 42.5 Å². The number of alkyl halides is 12. The summed E-state index contributed by atoms with van der Waals surface area (Å²) in [7, 11) is -4.87. The number of rotatable bonds is 9. The van der Waals surface area contributed by atoms with Crippen molar-refractivity contribution in [1.29, 1.82) is 0 Å². The third-order valence-corrected chi connectivity index (χ3v) is 7.40. The number of halogens is 14. The molecule has 0 spiro atoms. The van der Waals surface area contributed by atoms with E-state index in [1.807, 2.05) is 0 Å². The quantitative estimate of drug-likeness (QED) is 0.270. The highest BCUT2D eigenvalue weighted by atomic mass is 35.5. The monoisotopic (exact) mass is 697 g/mol. The average molecular weight is 698 g/mol. The molecule has 0 radical (unpaired) electrons. The first kappa shape index (κ1) is 37.0. The van der Waals surface area contributed by atoms with Gasteiger partial charge in [-0.25, -0.2) is 12.8 Å². The predicted octanol–water partition coefficient (Wildman–Crippen LogP) is 8.01. The molecule has 0 saturated carbocycles. The van der Waals surface area contributed by atoms with E-state index in [9.17, 15) is 70.3 Å². The van der Waals surface area contributed by atoms with Crippen molar-refractivity contribution >= 4 is 33.2 Å². The van der Waals surface area contributed by atoms with E-state index >= 15 is 0 Å². The second kappa shape index (κ2) is 13.0. The Morgan fingerprint density at radius 2 is 1.55 bits per heavy atom. The fourth-order valence-corrected chi connectivity index (χ4v) is 5.31. The number of carbonyl (C=O) groups excluding carboxylic acids is 1. The number of hydrogen-bond acceptors (Lipinski definition) is 4. The molecule has 0 bridgehead atoms. The average Bonchev–Trinajstić information content (AvgIpc) is 2.79. The van der Waals surface area contributed by atoms with Crippen LogP contribution in [-0.2, 0) is 16.0 Å². The summed E-state index contributed by atoms with van der Waals surface area (Å²) < 4.78 is 199. The van der Waals surface area contributed by atoms with Crippen LogP contribution < -0.4 is 10.1 Å². The lowest BCUT2D eigenvalue weighted by molar-refractivity contribution is -0.274. The van der Waals surface area contributed by atoms with E-state index in [4.69, 9.17) is 11.6 Å². The molecule has 0 saturated heterocycles. The van der Waals surface area contributed by atoms with E-state index < -0.39 is 103 Å². The number of ether oxygens (including phenoxy) is 1. The molecule has 5 nitrogen and oxygen atoms in total. The van der Waals surface area contributed by atoms with Gasteiger partial charge < -0.3 is 10.1 Å². The molecular weight excluding hydrogens is 681 g/mol. The van der Waals surface area contributed by atoms with E-state index in [0.29, 0.717) is 24.3 Å². The van der Waals surface area contributed by atoms with Gasteiger partial charge in [0.05, 0.1) is 21.9 Å². The minimum Gasteiger partial charge on any atom is -0.404 e. The first-order valence-corrected chi connectivity index (χ1v) is 13.7. The minimum atomic E-state index is -5.46. The SMILES string of the molecule is C[C@H](CS(=O)(=O)CC(F)(F)F)NC(=O)c1ccc(/C(F)=C/C(c2ccc(Cl)c(OC(F)(F)F)c2)C(F)(F)F)cc1C(F)(F)F. The summed E-state index contributed by atoms with van der Waals surface area (Å²) in [6.07, 6.45) is -21.6. The fourth-order valence-electron chi connectivity index (χ4n) is 3.70. The number of amides is 1. The molecule has 0 heterocycles. The van der Waals surface area contributed by atoms with Crippen molar-refractivity contribution in [3.63, 3.8) is 0 Å². The van der Waals surface area contributed by atoms with Gasteiger partial charge in [-0.3, -0.25) is 4.79 Å². The Kier molecular flexibility index (Phi) is 10.9. The van der Waals surface area contributed by atoms with Crippen molar-refractivity contribution in [3.05, 3.63) is 69.8 Å². The maximum absolute atomic E-state index is 15.0. The molecule has 1 unspecified atom stereocenters. The summed E-state index contributed by atoms with van der Waals surface area (Å²) in [5, 5.41) is 0.983. The molecule has 2 rings (SSSR count). The molecule has 20 heteroatoms. The Hall–Kier alpha value is -3.22. The Morgan fingerprint density at radius 1 is 0.955 bits per heavy atom. The van der Waals surface area contributed by atoms with Crippen LogP contribution in [0.25, 0.3) is 5.83 Å². The molecule has 2 atom stereocenters. The molecule has 0 aliphatic heterocycles. The molecule has 0 fully saturated rings. The molecule has 0 aromatic heterocycles. The van der Waals surface area contributed by atoms with E-state index in [2.05, 4.69) is 4.74 Å². The van der Waals surface area contributed by atoms with Crippen LogP contribution in [0.1, 0.15) is 39.9 Å². The van der Waals surface area contributed by atoms with Crippen molar-refractivity contribution in [2.24, 2.45) is 0 Å². The number of benzene rings is 2. The normalized spacial score (nSPS) is 15.1. The standard InChI is InChI=1S/C24H17ClF13NO4S/c1-11(9-44(41,42)10-21(27,28)29)39-20(40)14-4-2-13(6-16(14)23(33,34)35)18(26)8-15(22(30,31)32)12-3-5-17(25)19(7-12)43-24(36,37)38/h2-8,11,15H,9-10H2,1H3,(H,39,40)/b18-8-/t11-,15?/m1/s1. The molecule has 0 aliphatic rings. The summed E-state index contributed by atoms with van der Waals surface area (Å²) >= 11 is 5.50. The zero-order valence-electron chi connectivity index (χ0n) is 21.4. The highest BCUT2D eigenvalue weighted by Crippen LogP contribution is 2.42. The number of allylic oxidation sites excluding steroid dienone is 1. The lowest BCUT2D eigenvalue weighted by Crippen LogP contribution is -2.40. The van der Waals surface area contributed by atoms with Gasteiger partial charge in [0, 0.05) is 11.6 Å². The second-order valence-corrected chi connectivity index (χ2v) is 11.6. The maximum atomic E-state index is 15.0. The van der Waals surface area contributed by atoms with Crippen molar-refractivity contribution in [3.8, 4) is 5.75 Å². The summed E-state index contributed by atoms with van der Waals surface area (Å²) in [6.45, 7) is 0.870. The zero-order valence-corrected chi connectivity index (χ0v) is 23.0. The van der Waals surface area contributed by atoms with E-state index in [0.717, 1.165) is 6.92 Å². The minimum absolute atomic E-state index is 0.0701. The Balaban J connectivity index is 2.48. The Bertz CT molecular complexity index is 1500. The summed E-state index contributed by atoms with van der Waals surface area (Å²) in [5.41, 5.74) is -5.41. The van der Waals surface area contributed by atoms with Gasteiger partial charge >= 0.3 is 24.9 Å². The number of nitrogens with one attached hydrogen (secondary N) is 1. The fraction of sp³-hybridized carbons (Fsp3) is 0.375. The second-order valence-electron chi connectivity index (χ2n) is 9.07. The van der Waals surface area contributed by atoms with Gasteiger partial charge in [-0.2, -0.15) is 39.5 Å². The number of carbonyl (C=O) groups is 1.